The van der Waals surface area contributed by atoms with E-state index < -0.39 is 0 Å². The van der Waals surface area contributed by atoms with Gasteiger partial charge >= 0.3 is 0 Å². The Labute approximate surface area is 114 Å². The summed E-state index contributed by atoms with van der Waals surface area (Å²) in [6.07, 6.45) is 0.456. The number of rotatable bonds is 6. The van der Waals surface area contributed by atoms with Gasteiger partial charge in [0.05, 0.1) is 19.0 Å². The Balaban J connectivity index is 2.47. The van der Waals surface area contributed by atoms with Crippen molar-refractivity contribution >= 4 is 21.7 Å². The van der Waals surface area contributed by atoms with Gasteiger partial charge in [0.25, 0.3) is 0 Å². The normalized spacial score (nSPS) is 10.4. The molecular formula is C13H14BrFN2O. The zero-order chi connectivity index (χ0) is 13.5. The van der Waals surface area contributed by atoms with Gasteiger partial charge in [-0.15, -0.1) is 0 Å². The number of halogens is 2. The number of nitriles is 1. The highest BCUT2D eigenvalue weighted by Gasteiger charge is 2.08. The summed E-state index contributed by atoms with van der Waals surface area (Å²) in [7, 11) is 1.78. The molecule has 96 valence electrons. The van der Waals surface area contributed by atoms with Crippen molar-refractivity contribution in [1.82, 2.24) is 4.90 Å². The number of likely N-dealkylation sites (N-methyl/N-ethyl adjacent to an activating group) is 1. The Morgan fingerprint density at radius 1 is 1.56 bits per heavy atom. The molecular weight excluding hydrogens is 299 g/mol. The van der Waals surface area contributed by atoms with Gasteiger partial charge in [-0.3, -0.25) is 9.69 Å². The Morgan fingerprint density at radius 3 is 2.94 bits per heavy atom. The van der Waals surface area contributed by atoms with Crippen LogP contribution in [-0.4, -0.2) is 30.8 Å². The van der Waals surface area contributed by atoms with Crippen LogP contribution in [0.1, 0.15) is 12.0 Å². The minimum Gasteiger partial charge on any atom is -0.299 e. The molecule has 0 radical (unpaired) electrons. The molecule has 0 spiro atoms. The van der Waals surface area contributed by atoms with E-state index >= 15 is 0 Å². The van der Waals surface area contributed by atoms with E-state index in [9.17, 15) is 9.18 Å². The van der Waals surface area contributed by atoms with E-state index in [2.05, 4.69) is 15.9 Å². The van der Waals surface area contributed by atoms with Crippen molar-refractivity contribution in [2.75, 3.05) is 20.1 Å². The molecule has 0 unspecified atom stereocenters. The minimum atomic E-state index is -0.241. The summed E-state index contributed by atoms with van der Waals surface area (Å²) in [6, 6.07) is 6.63. The highest BCUT2D eigenvalue weighted by molar-refractivity contribution is 9.10. The number of benzene rings is 1. The van der Waals surface area contributed by atoms with Crippen LogP contribution < -0.4 is 0 Å². The molecule has 1 aromatic carbocycles. The van der Waals surface area contributed by atoms with Crippen molar-refractivity contribution < 1.29 is 9.18 Å². The summed E-state index contributed by atoms with van der Waals surface area (Å²) in [5.74, 6) is -0.357. The highest BCUT2D eigenvalue weighted by Crippen LogP contribution is 2.16. The monoisotopic (exact) mass is 312 g/mol. The van der Waals surface area contributed by atoms with E-state index in [4.69, 9.17) is 5.26 Å². The van der Waals surface area contributed by atoms with Crippen molar-refractivity contribution in [3.8, 4) is 6.07 Å². The van der Waals surface area contributed by atoms with Gasteiger partial charge < -0.3 is 0 Å². The Hall–Kier alpha value is -1.25. The van der Waals surface area contributed by atoms with Gasteiger partial charge in [0, 0.05) is 11.0 Å². The molecule has 1 aromatic rings. The van der Waals surface area contributed by atoms with Crippen molar-refractivity contribution in [3.63, 3.8) is 0 Å². The number of ketones is 1. The fourth-order valence-corrected chi connectivity index (χ4v) is 1.98. The third-order valence-corrected chi connectivity index (χ3v) is 2.99. The predicted octanol–water partition coefficient (Wildman–Crippen LogP) is 2.55. The van der Waals surface area contributed by atoms with Gasteiger partial charge in [-0.25, -0.2) is 4.39 Å². The van der Waals surface area contributed by atoms with Gasteiger partial charge in [0.2, 0.25) is 0 Å². The zero-order valence-electron chi connectivity index (χ0n) is 10.1. The Morgan fingerprint density at radius 2 is 2.28 bits per heavy atom. The van der Waals surface area contributed by atoms with Crippen LogP contribution in [-0.2, 0) is 11.2 Å². The molecule has 5 heteroatoms. The molecule has 0 aliphatic heterocycles. The lowest BCUT2D eigenvalue weighted by Gasteiger charge is -2.15. The van der Waals surface area contributed by atoms with Crippen LogP contribution in [0.3, 0.4) is 0 Å². The van der Waals surface area contributed by atoms with Gasteiger partial charge in [-0.2, -0.15) is 5.26 Å². The summed E-state index contributed by atoms with van der Waals surface area (Å²) < 4.78 is 14.3. The lowest BCUT2D eigenvalue weighted by atomic mass is 10.1. The third-order valence-electron chi connectivity index (χ3n) is 2.49. The standard InChI is InChI=1S/C13H14BrFN2O/c1-17(9-12(18)4-6-16)7-5-10-8-11(14)2-3-13(10)15/h2-3,8H,4-5,7,9H2,1H3. The number of Topliss-reactive ketones (excluding diaryl/α,β-unsaturated/α-hetero) is 1. The Bertz CT molecular complexity index is 471. The van der Waals surface area contributed by atoms with Crippen LogP contribution in [0.15, 0.2) is 22.7 Å². The molecule has 0 aromatic heterocycles. The first kappa shape index (κ1) is 14.8. The molecule has 18 heavy (non-hydrogen) atoms. The van der Waals surface area contributed by atoms with E-state index in [0.29, 0.717) is 18.5 Å². The second-order valence-electron chi connectivity index (χ2n) is 4.10. The maximum Gasteiger partial charge on any atom is 0.160 e. The molecule has 0 bridgehead atoms. The van der Waals surface area contributed by atoms with Crippen molar-refractivity contribution in [1.29, 1.82) is 5.26 Å². The van der Waals surface area contributed by atoms with E-state index in [1.165, 1.54) is 6.07 Å². The summed E-state index contributed by atoms with van der Waals surface area (Å²) in [5, 5.41) is 8.38. The molecule has 1 rings (SSSR count). The minimum absolute atomic E-state index is 0.0738. The fraction of sp³-hybridized carbons (Fsp3) is 0.385. The van der Waals surface area contributed by atoms with E-state index in [0.717, 1.165) is 4.47 Å². The largest absolute Gasteiger partial charge is 0.299 e. The molecule has 0 saturated carbocycles. The van der Waals surface area contributed by atoms with Crippen LogP contribution in [0.2, 0.25) is 0 Å². The molecule has 0 heterocycles. The summed E-state index contributed by atoms with van der Waals surface area (Å²) >= 11 is 3.29. The number of hydrogen-bond donors (Lipinski definition) is 0. The maximum absolute atomic E-state index is 13.5. The number of carbonyl (C=O) groups is 1. The first-order chi connectivity index (χ1) is 8.52. The maximum atomic E-state index is 13.5. The third kappa shape index (κ3) is 4.94. The molecule has 0 aliphatic rings. The topological polar surface area (TPSA) is 44.1 Å². The first-order valence-corrected chi connectivity index (χ1v) is 6.33. The summed E-state index contributed by atoms with van der Waals surface area (Å²) in [6.45, 7) is 0.799. The second kappa shape index (κ2) is 7.24. The van der Waals surface area contributed by atoms with Crippen LogP contribution in [0.5, 0.6) is 0 Å². The molecule has 0 fully saturated rings. The fourth-order valence-electron chi connectivity index (χ4n) is 1.57. The van der Waals surface area contributed by atoms with E-state index in [1.807, 2.05) is 6.07 Å². The summed E-state index contributed by atoms with van der Waals surface area (Å²) in [5.41, 5.74) is 0.615. The predicted molar refractivity (Wildman–Crippen MR) is 70.5 cm³/mol. The number of carbonyl (C=O) groups excluding carboxylic acids is 1. The molecule has 0 aliphatic carbocycles. The van der Waals surface area contributed by atoms with E-state index in [-0.39, 0.29) is 24.6 Å². The summed E-state index contributed by atoms with van der Waals surface area (Å²) in [4.78, 5) is 13.0. The van der Waals surface area contributed by atoms with Crippen LogP contribution in [0, 0.1) is 17.1 Å². The van der Waals surface area contributed by atoms with Gasteiger partial charge in [0.1, 0.15) is 5.82 Å². The van der Waals surface area contributed by atoms with Gasteiger partial charge in [-0.05, 0) is 37.2 Å². The van der Waals surface area contributed by atoms with Crippen molar-refractivity contribution in [3.05, 3.63) is 34.1 Å². The van der Waals surface area contributed by atoms with Gasteiger partial charge in [-0.1, -0.05) is 15.9 Å². The number of nitrogens with zero attached hydrogens (tertiary/aromatic N) is 2. The quantitative estimate of drug-likeness (QED) is 0.811. The smallest absolute Gasteiger partial charge is 0.160 e. The highest BCUT2D eigenvalue weighted by atomic mass is 79.9. The Kier molecular flexibility index (Phi) is 5.96. The van der Waals surface area contributed by atoms with Crippen LogP contribution in [0.4, 0.5) is 4.39 Å². The SMILES string of the molecule is CN(CCc1cc(Br)ccc1F)CC(=O)CC#N. The van der Waals surface area contributed by atoms with Crippen molar-refractivity contribution in [2.45, 2.75) is 12.8 Å². The lowest BCUT2D eigenvalue weighted by Crippen LogP contribution is -2.27. The molecule has 0 amide bonds. The van der Waals surface area contributed by atoms with Crippen molar-refractivity contribution in [2.24, 2.45) is 0 Å². The molecule has 0 N–H and O–H groups in total. The molecule has 0 saturated heterocycles. The van der Waals surface area contributed by atoms with Crippen LogP contribution in [0.25, 0.3) is 0 Å². The lowest BCUT2D eigenvalue weighted by molar-refractivity contribution is -0.118. The average Bonchev–Trinajstić information content (AvgIpc) is 2.30. The number of hydrogen-bond acceptors (Lipinski definition) is 3. The zero-order valence-corrected chi connectivity index (χ0v) is 11.7. The van der Waals surface area contributed by atoms with Gasteiger partial charge in [0.15, 0.2) is 5.78 Å². The second-order valence-corrected chi connectivity index (χ2v) is 5.01. The molecule has 0 atom stereocenters. The van der Waals surface area contributed by atoms with Crippen LogP contribution >= 0.6 is 15.9 Å². The molecule has 3 nitrogen and oxygen atoms in total. The average molecular weight is 313 g/mol. The first-order valence-electron chi connectivity index (χ1n) is 5.54. The van der Waals surface area contributed by atoms with E-state index in [1.54, 1.807) is 24.1 Å².